The van der Waals surface area contributed by atoms with Crippen molar-refractivity contribution in [1.29, 1.82) is 0 Å². The van der Waals surface area contributed by atoms with Crippen LogP contribution in [0.5, 0.6) is 0 Å². The molecule has 0 heterocycles. The Bertz CT molecular complexity index is 409. The fraction of sp³-hybridized carbons (Fsp3) is 0.615. The number of amides is 2. The molecule has 0 aliphatic rings. The Morgan fingerprint density at radius 1 is 1.20 bits per heavy atom. The molecule has 2 amide bonds. The lowest BCUT2D eigenvalue weighted by Crippen LogP contribution is -2.46. The van der Waals surface area contributed by atoms with Gasteiger partial charge < -0.3 is 20.1 Å². The van der Waals surface area contributed by atoms with Crippen molar-refractivity contribution in [3.63, 3.8) is 0 Å². The minimum atomic E-state index is -0.857. The van der Waals surface area contributed by atoms with Crippen LogP contribution in [0.4, 0.5) is 4.79 Å². The molecule has 20 heavy (non-hydrogen) atoms. The van der Waals surface area contributed by atoms with Gasteiger partial charge in [0.05, 0.1) is 7.11 Å². The van der Waals surface area contributed by atoms with E-state index in [0.717, 1.165) is 0 Å². The topological polar surface area (TPSA) is 93.7 Å². The van der Waals surface area contributed by atoms with Crippen LogP contribution < -0.4 is 10.6 Å². The highest BCUT2D eigenvalue weighted by atomic mass is 16.6. The summed E-state index contributed by atoms with van der Waals surface area (Å²) in [6, 6.07) is -0.857. The predicted octanol–water partition coefficient (Wildman–Crippen LogP) is 1.09. The van der Waals surface area contributed by atoms with Crippen LogP contribution in [-0.4, -0.2) is 36.7 Å². The van der Waals surface area contributed by atoms with Gasteiger partial charge in [-0.15, -0.1) is 0 Å². The normalized spacial score (nSPS) is 13.2. The van der Waals surface area contributed by atoms with E-state index in [4.69, 9.17) is 4.74 Å². The number of hydrogen-bond donors (Lipinski definition) is 2. The smallest absolute Gasteiger partial charge is 0.408 e. The van der Waals surface area contributed by atoms with Gasteiger partial charge in [-0.05, 0) is 34.6 Å². The lowest BCUT2D eigenvalue weighted by atomic mass is 10.2. The zero-order valence-electron chi connectivity index (χ0n) is 12.7. The zero-order valence-corrected chi connectivity index (χ0v) is 12.7. The van der Waals surface area contributed by atoms with Gasteiger partial charge in [-0.2, -0.15) is 0 Å². The Balaban J connectivity index is 4.49. The average Bonchev–Trinajstić information content (AvgIpc) is 2.31. The molecule has 0 bridgehead atoms. The molecule has 0 aromatic carbocycles. The molecular weight excluding hydrogens is 264 g/mol. The summed E-state index contributed by atoms with van der Waals surface area (Å²) >= 11 is 0. The SMILES string of the molecule is C/C=C(/NC(=O)C(C)NC(=O)OC(C)(C)C)C(=O)OC. The maximum Gasteiger partial charge on any atom is 0.408 e. The summed E-state index contributed by atoms with van der Waals surface area (Å²) < 4.78 is 9.52. The van der Waals surface area contributed by atoms with E-state index >= 15 is 0 Å². The summed E-state index contributed by atoms with van der Waals surface area (Å²) in [7, 11) is 1.21. The third kappa shape index (κ3) is 6.77. The quantitative estimate of drug-likeness (QED) is 0.596. The second-order valence-electron chi connectivity index (χ2n) is 5.05. The molecule has 7 nitrogen and oxygen atoms in total. The summed E-state index contributed by atoms with van der Waals surface area (Å²) in [5.41, 5.74) is -0.642. The van der Waals surface area contributed by atoms with Crippen LogP contribution in [0.25, 0.3) is 0 Å². The molecule has 0 aliphatic carbocycles. The molecule has 114 valence electrons. The highest BCUT2D eigenvalue weighted by molar-refractivity contribution is 5.95. The number of carbonyl (C=O) groups excluding carboxylic acids is 3. The van der Waals surface area contributed by atoms with E-state index in [-0.39, 0.29) is 5.70 Å². The summed E-state index contributed by atoms with van der Waals surface area (Å²) in [6.45, 7) is 8.20. The monoisotopic (exact) mass is 286 g/mol. The van der Waals surface area contributed by atoms with E-state index < -0.39 is 29.6 Å². The average molecular weight is 286 g/mol. The van der Waals surface area contributed by atoms with E-state index in [0.29, 0.717) is 0 Å². The highest BCUT2D eigenvalue weighted by Gasteiger charge is 2.22. The number of hydrogen-bond acceptors (Lipinski definition) is 5. The highest BCUT2D eigenvalue weighted by Crippen LogP contribution is 2.06. The van der Waals surface area contributed by atoms with Crippen molar-refractivity contribution in [3.05, 3.63) is 11.8 Å². The molecule has 2 N–H and O–H groups in total. The maximum absolute atomic E-state index is 11.8. The summed E-state index contributed by atoms with van der Waals surface area (Å²) in [5, 5.41) is 4.73. The van der Waals surface area contributed by atoms with E-state index in [1.54, 1.807) is 27.7 Å². The molecule has 1 atom stereocenters. The summed E-state index contributed by atoms with van der Waals surface area (Å²) in [5.74, 6) is -1.21. The minimum Gasteiger partial charge on any atom is -0.464 e. The largest absolute Gasteiger partial charge is 0.464 e. The van der Waals surface area contributed by atoms with Crippen molar-refractivity contribution in [2.45, 2.75) is 46.3 Å². The Morgan fingerprint density at radius 2 is 1.75 bits per heavy atom. The Kier molecular flexibility index (Phi) is 6.75. The van der Waals surface area contributed by atoms with Crippen LogP contribution >= 0.6 is 0 Å². The lowest BCUT2D eigenvalue weighted by molar-refractivity contribution is -0.138. The maximum atomic E-state index is 11.8. The van der Waals surface area contributed by atoms with Gasteiger partial charge in [-0.1, -0.05) is 6.08 Å². The van der Waals surface area contributed by atoms with Gasteiger partial charge in [-0.25, -0.2) is 9.59 Å². The molecule has 0 fully saturated rings. The third-order valence-corrected chi connectivity index (χ3v) is 2.08. The van der Waals surface area contributed by atoms with Crippen LogP contribution in [0.15, 0.2) is 11.8 Å². The van der Waals surface area contributed by atoms with Gasteiger partial charge >= 0.3 is 12.1 Å². The van der Waals surface area contributed by atoms with Crippen molar-refractivity contribution < 1.29 is 23.9 Å². The van der Waals surface area contributed by atoms with Crippen molar-refractivity contribution in [1.82, 2.24) is 10.6 Å². The number of rotatable bonds is 4. The Hall–Kier alpha value is -2.05. The standard InChI is InChI=1S/C13H22N2O5/c1-7-9(11(17)19-6)15-10(16)8(2)14-12(18)20-13(3,4)5/h7-8H,1-6H3,(H,14,18)(H,15,16)/b9-7+. The van der Waals surface area contributed by atoms with Crippen LogP contribution in [0.2, 0.25) is 0 Å². The second-order valence-corrected chi connectivity index (χ2v) is 5.05. The van der Waals surface area contributed by atoms with Gasteiger partial charge in [0.25, 0.3) is 0 Å². The van der Waals surface area contributed by atoms with Crippen molar-refractivity contribution in [3.8, 4) is 0 Å². The van der Waals surface area contributed by atoms with Gasteiger partial charge in [0, 0.05) is 0 Å². The van der Waals surface area contributed by atoms with Crippen molar-refractivity contribution in [2.24, 2.45) is 0 Å². The van der Waals surface area contributed by atoms with Gasteiger partial charge in [-0.3, -0.25) is 4.79 Å². The van der Waals surface area contributed by atoms with Gasteiger partial charge in [0.2, 0.25) is 5.91 Å². The van der Waals surface area contributed by atoms with E-state index in [9.17, 15) is 14.4 Å². The number of esters is 1. The lowest BCUT2D eigenvalue weighted by Gasteiger charge is -2.21. The molecule has 0 spiro atoms. The predicted molar refractivity (Wildman–Crippen MR) is 72.7 cm³/mol. The molecule has 0 rings (SSSR count). The van der Waals surface area contributed by atoms with Crippen LogP contribution in [-0.2, 0) is 19.1 Å². The van der Waals surface area contributed by atoms with Gasteiger partial charge in [0.1, 0.15) is 17.3 Å². The molecule has 1 unspecified atom stereocenters. The fourth-order valence-corrected chi connectivity index (χ4v) is 1.14. The van der Waals surface area contributed by atoms with Crippen LogP contribution in [0.1, 0.15) is 34.6 Å². The number of allylic oxidation sites excluding steroid dienone is 1. The molecule has 0 saturated carbocycles. The molecule has 0 aromatic rings. The third-order valence-electron chi connectivity index (χ3n) is 2.08. The van der Waals surface area contributed by atoms with Crippen LogP contribution in [0, 0.1) is 0 Å². The van der Waals surface area contributed by atoms with E-state index in [1.807, 2.05) is 0 Å². The van der Waals surface area contributed by atoms with Gasteiger partial charge in [0.15, 0.2) is 0 Å². The number of nitrogens with one attached hydrogen (secondary N) is 2. The summed E-state index contributed by atoms with van der Waals surface area (Å²) in [6.07, 6.45) is 0.699. The number of alkyl carbamates (subject to hydrolysis) is 1. The van der Waals surface area contributed by atoms with Crippen LogP contribution in [0.3, 0.4) is 0 Å². The van der Waals surface area contributed by atoms with E-state index in [2.05, 4.69) is 15.4 Å². The Labute approximate surface area is 118 Å². The molecule has 0 aromatic heterocycles. The Morgan fingerprint density at radius 3 is 2.15 bits per heavy atom. The fourth-order valence-electron chi connectivity index (χ4n) is 1.14. The molecule has 7 heteroatoms. The zero-order chi connectivity index (χ0) is 15.9. The first-order valence-electron chi connectivity index (χ1n) is 6.15. The minimum absolute atomic E-state index is 0.00957. The summed E-state index contributed by atoms with van der Waals surface area (Å²) in [4.78, 5) is 34.6. The molecule has 0 aliphatic heterocycles. The first-order valence-corrected chi connectivity index (χ1v) is 6.15. The second kappa shape index (κ2) is 7.52. The molecular formula is C13H22N2O5. The number of ether oxygens (including phenoxy) is 2. The molecule has 0 saturated heterocycles. The van der Waals surface area contributed by atoms with E-state index in [1.165, 1.54) is 20.1 Å². The first kappa shape index (κ1) is 17.9. The number of carbonyl (C=O) groups is 3. The van der Waals surface area contributed by atoms with Crippen molar-refractivity contribution >= 4 is 18.0 Å². The molecule has 0 radical (unpaired) electrons. The first-order chi connectivity index (χ1) is 9.10. The number of methoxy groups -OCH3 is 1. The van der Waals surface area contributed by atoms with Crippen molar-refractivity contribution in [2.75, 3.05) is 7.11 Å².